The molecule has 1 unspecified atom stereocenters. The molecule has 0 fully saturated rings. The summed E-state index contributed by atoms with van der Waals surface area (Å²) in [6, 6.07) is 20.0. The lowest BCUT2D eigenvalue weighted by molar-refractivity contribution is -0.148. The number of hydrogen-bond donors (Lipinski definition) is 0. The van der Waals surface area contributed by atoms with Crippen LogP contribution in [-0.4, -0.2) is 30.5 Å². The van der Waals surface area contributed by atoms with Gasteiger partial charge in [-0.3, -0.25) is 9.69 Å². The van der Waals surface area contributed by atoms with Gasteiger partial charge in [-0.2, -0.15) is 0 Å². The summed E-state index contributed by atoms with van der Waals surface area (Å²) >= 11 is 0. The SMILES string of the molecule is CCN1CC=C(c2ccccc2)C(C(=O)OCc2ccccc2)C1. The second-order valence-electron chi connectivity index (χ2n) is 6.02. The average Bonchev–Trinajstić information content (AvgIpc) is 2.67. The first kappa shape index (κ1) is 16.5. The highest BCUT2D eigenvalue weighted by atomic mass is 16.5. The molecule has 0 bridgehead atoms. The van der Waals surface area contributed by atoms with Gasteiger partial charge >= 0.3 is 5.97 Å². The van der Waals surface area contributed by atoms with E-state index in [1.807, 2.05) is 48.5 Å². The molecule has 0 amide bonds. The monoisotopic (exact) mass is 321 g/mol. The van der Waals surface area contributed by atoms with Crippen molar-refractivity contribution in [3.63, 3.8) is 0 Å². The van der Waals surface area contributed by atoms with Gasteiger partial charge in [0, 0.05) is 13.1 Å². The Hall–Kier alpha value is -2.39. The van der Waals surface area contributed by atoms with Crippen LogP contribution in [0.15, 0.2) is 66.7 Å². The standard InChI is InChI=1S/C21H23NO2/c1-2-22-14-13-19(18-11-7-4-8-12-18)20(15-22)21(23)24-16-17-9-5-3-6-10-17/h3-13,20H,2,14-16H2,1H3. The van der Waals surface area contributed by atoms with Crippen molar-refractivity contribution in [1.82, 2.24) is 4.90 Å². The number of carbonyl (C=O) groups is 1. The van der Waals surface area contributed by atoms with Crippen LogP contribution in [0.5, 0.6) is 0 Å². The molecule has 24 heavy (non-hydrogen) atoms. The zero-order valence-electron chi connectivity index (χ0n) is 14.0. The number of esters is 1. The smallest absolute Gasteiger partial charge is 0.315 e. The molecule has 2 aromatic rings. The summed E-state index contributed by atoms with van der Waals surface area (Å²) in [6.07, 6.45) is 2.16. The van der Waals surface area contributed by atoms with Crippen molar-refractivity contribution < 1.29 is 9.53 Å². The minimum atomic E-state index is -0.232. The highest BCUT2D eigenvalue weighted by molar-refractivity contribution is 5.89. The second-order valence-corrected chi connectivity index (χ2v) is 6.02. The number of nitrogens with zero attached hydrogens (tertiary/aromatic N) is 1. The van der Waals surface area contributed by atoms with Crippen molar-refractivity contribution >= 4 is 11.5 Å². The summed E-state index contributed by atoms with van der Waals surface area (Å²) in [4.78, 5) is 15.0. The van der Waals surface area contributed by atoms with Gasteiger partial charge in [-0.05, 0) is 23.2 Å². The molecule has 0 spiro atoms. The van der Waals surface area contributed by atoms with Gasteiger partial charge in [0.2, 0.25) is 0 Å². The summed E-state index contributed by atoms with van der Waals surface area (Å²) < 4.78 is 5.61. The molecular weight excluding hydrogens is 298 g/mol. The fraction of sp³-hybridized carbons (Fsp3) is 0.286. The van der Waals surface area contributed by atoms with E-state index in [2.05, 4.69) is 30.0 Å². The van der Waals surface area contributed by atoms with E-state index >= 15 is 0 Å². The Morgan fingerprint density at radius 3 is 2.42 bits per heavy atom. The van der Waals surface area contributed by atoms with Gasteiger partial charge in [-0.25, -0.2) is 0 Å². The fourth-order valence-corrected chi connectivity index (χ4v) is 3.04. The van der Waals surface area contributed by atoms with Gasteiger partial charge in [0.25, 0.3) is 0 Å². The summed E-state index contributed by atoms with van der Waals surface area (Å²) in [5.41, 5.74) is 3.20. The normalized spacial score (nSPS) is 18.0. The Labute approximate surface area is 143 Å². The number of benzene rings is 2. The van der Waals surface area contributed by atoms with E-state index in [1.54, 1.807) is 0 Å². The first-order valence-corrected chi connectivity index (χ1v) is 8.46. The van der Waals surface area contributed by atoms with E-state index < -0.39 is 0 Å². The molecule has 3 nitrogen and oxygen atoms in total. The number of carbonyl (C=O) groups excluding carboxylic acids is 1. The Morgan fingerprint density at radius 1 is 1.08 bits per heavy atom. The van der Waals surface area contributed by atoms with Crippen molar-refractivity contribution in [1.29, 1.82) is 0 Å². The minimum Gasteiger partial charge on any atom is -0.460 e. The highest BCUT2D eigenvalue weighted by Crippen LogP contribution is 2.29. The number of hydrogen-bond acceptors (Lipinski definition) is 3. The summed E-state index contributed by atoms with van der Waals surface area (Å²) in [7, 11) is 0. The first-order chi connectivity index (χ1) is 11.8. The van der Waals surface area contributed by atoms with Crippen LogP contribution >= 0.6 is 0 Å². The summed E-state index contributed by atoms with van der Waals surface area (Å²) in [5, 5.41) is 0. The van der Waals surface area contributed by atoms with Crippen LogP contribution in [0.25, 0.3) is 5.57 Å². The maximum absolute atomic E-state index is 12.7. The Kier molecular flexibility index (Phi) is 5.44. The predicted molar refractivity (Wildman–Crippen MR) is 96.3 cm³/mol. The number of likely N-dealkylation sites (N-methyl/N-ethyl adjacent to an activating group) is 1. The lowest BCUT2D eigenvalue weighted by atomic mass is 9.89. The molecule has 0 N–H and O–H groups in total. The largest absolute Gasteiger partial charge is 0.460 e. The van der Waals surface area contributed by atoms with Gasteiger partial charge in [0.15, 0.2) is 0 Å². The third-order valence-electron chi connectivity index (χ3n) is 4.45. The van der Waals surface area contributed by atoms with Crippen LogP contribution in [-0.2, 0) is 16.1 Å². The van der Waals surface area contributed by atoms with E-state index in [9.17, 15) is 4.79 Å². The van der Waals surface area contributed by atoms with E-state index in [-0.39, 0.29) is 11.9 Å². The van der Waals surface area contributed by atoms with Crippen LogP contribution in [0.1, 0.15) is 18.1 Å². The van der Waals surface area contributed by atoms with Crippen molar-refractivity contribution in [3.05, 3.63) is 77.9 Å². The van der Waals surface area contributed by atoms with Gasteiger partial charge in [-0.15, -0.1) is 0 Å². The Bertz CT molecular complexity index is 694. The first-order valence-electron chi connectivity index (χ1n) is 8.46. The van der Waals surface area contributed by atoms with Crippen LogP contribution in [0.4, 0.5) is 0 Å². The molecule has 2 aromatic carbocycles. The molecule has 3 heteroatoms. The fourth-order valence-electron chi connectivity index (χ4n) is 3.04. The van der Waals surface area contributed by atoms with E-state index in [0.29, 0.717) is 13.2 Å². The molecule has 1 heterocycles. The molecule has 0 saturated carbocycles. The molecule has 3 rings (SSSR count). The minimum absolute atomic E-state index is 0.146. The van der Waals surface area contributed by atoms with Crippen molar-refractivity contribution in [2.45, 2.75) is 13.5 Å². The van der Waals surface area contributed by atoms with Crippen LogP contribution < -0.4 is 0 Å². The van der Waals surface area contributed by atoms with Crippen molar-refractivity contribution in [3.8, 4) is 0 Å². The summed E-state index contributed by atoms with van der Waals surface area (Å²) in [5.74, 6) is -0.378. The molecule has 0 aliphatic carbocycles. The number of ether oxygens (including phenoxy) is 1. The third kappa shape index (κ3) is 3.92. The lowest BCUT2D eigenvalue weighted by Gasteiger charge is -2.31. The molecule has 1 aliphatic heterocycles. The molecule has 0 radical (unpaired) electrons. The zero-order chi connectivity index (χ0) is 16.8. The molecular formula is C21H23NO2. The Morgan fingerprint density at radius 2 is 1.75 bits per heavy atom. The van der Waals surface area contributed by atoms with Crippen LogP contribution in [0, 0.1) is 5.92 Å². The maximum Gasteiger partial charge on any atom is 0.315 e. The molecule has 0 saturated heterocycles. The van der Waals surface area contributed by atoms with E-state index in [1.165, 1.54) is 0 Å². The van der Waals surface area contributed by atoms with E-state index in [4.69, 9.17) is 4.74 Å². The lowest BCUT2D eigenvalue weighted by Crippen LogP contribution is -2.38. The maximum atomic E-state index is 12.7. The summed E-state index contributed by atoms with van der Waals surface area (Å²) in [6.45, 7) is 4.97. The third-order valence-corrected chi connectivity index (χ3v) is 4.45. The van der Waals surface area contributed by atoms with Crippen LogP contribution in [0.2, 0.25) is 0 Å². The van der Waals surface area contributed by atoms with Crippen LogP contribution in [0.3, 0.4) is 0 Å². The van der Waals surface area contributed by atoms with E-state index in [0.717, 1.165) is 29.8 Å². The van der Waals surface area contributed by atoms with Crippen molar-refractivity contribution in [2.75, 3.05) is 19.6 Å². The number of rotatable bonds is 5. The molecule has 1 aliphatic rings. The topological polar surface area (TPSA) is 29.5 Å². The Balaban J connectivity index is 1.75. The average molecular weight is 321 g/mol. The predicted octanol–water partition coefficient (Wildman–Crippen LogP) is 3.77. The zero-order valence-corrected chi connectivity index (χ0v) is 14.0. The molecule has 124 valence electrons. The van der Waals surface area contributed by atoms with Crippen molar-refractivity contribution in [2.24, 2.45) is 5.92 Å². The highest BCUT2D eigenvalue weighted by Gasteiger charge is 2.30. The van der Waals surface area contributed by atoms with Gasteiger partial charge in [-0.1, -0.05) is 73.7 Å². The van der Waals surface area contributed by atoms with Gasteiger partial charge in [0.1, 0.15) is 6.61 Å². The molecule has 1 atom stereocenters. The quantitative estimate of drug-likeness (QED) is 0.785. The van der Waals surface area contributed by atoms with Gasteiger partial charge in [0.05, 0.1) is 5.92 Å². The van der Waals surface area contributed by atoms with Gasteiger partial charge < -0.3 is 4.74 Å². The second kappa shape index (κ2) is 7.93. The molecule has 0 aromatic heterocycles.